The van der Waals surface area contributed by atoms with Crippen molar-refractivity contribution in [1.29, 1.82) is 0 Å². The van der Waals surface area contributed by atoms with Crippen LogP contribution in [0.15, 0.2) is 42.5 Å². The van der Waals surface area contributed by atoms with Crippen LogP contribution in [0.2, 0.25) is 0 Å². The lowest BCUT2D eigenvalue weighted by Crippen LogP contribution is -2.31. The lowest BCUT2D eigenvalue weighted by atomic mass is 10.0. The molecule has 1 atom stereocenters. The highest BCUT2D eigenvalue weighted by Crippen LogP contribution is 2.31. The number of benzene rings is 2. The molecule has 1 unspecified atom stereocenters. The van der Waals surface area contributed by atoms with Crippen LogP contribution in [-0.4, -0.2) is 40.3 Å². The number of rotatable bonds is 9. The third kappa shape index (κ3) is 5.64. The van der Waals surface area contributed by atoms with Crippen LogP contribution in [-0.2, 0) is 20.7 Å². The molecule has 150 valence electrons. The predicted octanol–water partition coefficient (Wildman–Crippen LogP) is 2.68. The van der Waals surface area contributed by atoms with Gasteiger partial charge in [-0.1, -0.05) is 18.2 Å². The van der Waals surface area contributed by atoms with Crippen LogP contribution in [0.25, 0.3) is 0 Å². The van der Waals surface area contributed by atoms with Crippen LogP contribution in [0.3, 0.4) is 0 Å². The van der Waals surface area contributed by atoms with E-state index in [9.17, 15) is 9.59 Å². The van der Waals surface area contributed by atoms with Crippen LogP contribution < -0.4 is 19.5 Å². The first kappa shape index (κ1) is 21.1. The van der Waals surface area contributed by atoms with Gasteiger partial charge in [-0.05, 0) is 35.4 Å². The van der Waals surface area contributed by atoms with Crippen LogP contribution in [0.5, 0.6) is 17.2 Å². The van der Waals surface area contributed by atoms with Crippen molar-refractivity contribution >= 4 is 11.9 Å². The minimum absolute atomic E-state index is 0.000333. The Morgan fingerprint density at radius 3 is 2.14 bits per heavy atom. The average molecular weight is 387 g/mol. The zero-order valence-corrected chi connectivity index (χ0v) is 16.5. The monoisotopic (exact) mass is 387 g/mol. The molecule has 2 aromatic rings. The summed E-state index contributed by atoms with van der Waals surface area (Å²) < 4.78 is 20.4. The lowest BCUT2D eigenvalue weighted by Gasteiger charge is -2.20. The van der Waals surface area contributed by atoms with E-state index in [0.717, 1.165) is 11.3 Å². The van der Waals surface area contributed by atoms with Gasteiger partial charge in [0.15, 0.2) is 11.5 Å². The summed E-state index contributed by atoms with van der Waals surface area (Å²) in [5.74, 6) is 1.16. The Balaban J connectivity index is 2.17. The molecule has 7 nitrogen and oxygen atoms in total. The third-order valence-corrected chi connectivity index (χ3v) is 4.27. The minimum Gasteiger partial charge on any atom is -0.497 e. The number of esters is 1. The Labute approximate surface area is 164 Å². The molecule has 0 saturated heterocycles. The maximum Gasteiger partial charge on any atom is 0.307 e. The maximum atomic E-state index is 12.5. The molecule has 0 aliphatic rings. The van der Waals surface area contributed by atoms with Gasteiger partial charge in [0.05, 0.1) is 47.3 Å². The quantitative estimate of drug-likeness (QED) is 0.666. The number of carbonyl (C=O) groups excluding carboxylic acids is 2. The van der Waals surface area contributed by atoms with Gasteiger partial charge in [0.25, 0.3) is 0 Å². The first-order valence-electron chi connectivity index (χ1n) is 8.71. The summed E-state index contributed by atoms with van der Waals surface area (Å²) in [7, 11) is 5.97. The van der Waals surface area contributed by atoms with Crippen molar-refractivity contribution in [2.24, 2.45) is 0 Å². The number of nitrogens with one attached hydrogen (secondary N) is 1. The zero-order valence-electron chi connectivity index (χ0n) is 16.5. The molecule has 0 fully saturated rings. The van der Waals surface area contributed by atoms with Crippen molar-refractivity contribution in [3.8, 4) is 17.2 Å². The topological polar surface area (TPSA) is 83.1 Å². The van der Waals surface area contributed by atoms with Crippen molar-refractivity contribution in [3.05, 3.63) is 53.6 Å². The number of carbonyl (C=O) groups is 2. The second-order valence-electron chi connectivity index (χ2n) is 6.04. The van der Waals surface area contributed by atoms with E-state index in [1.165, 1.54) is 14.2 Å². The molecule has 0 aliphatic carbocycles. The molecule has 0 aliphatic heterocycles. The van der Waals surface area contributed by atoms with Crippen molar-refractivity contribution in [3.63, 3.8) is 0 Å². The molecule has 0 saturated carbocycles. The summed E-state index contributed by atoms with van der Waals surface area (Å²) in [6.45, 7) is 0. The average Bonchev–Trinajstić information content (AvgIpc) is 2.73. The molecule has 2 rings (SSSR count). The van der Waals surface area contributed by atoms with E-state index in [4.69, 9.17) is 18.9 Å². The van der Waals surface area contributed by atoms with Gasteiger partial charge in [-0.2, -0.15) is 0 Å². The van der Waals surface area contributed by atoms with E-state index >= 15 is 0 Å². The number of methoxy groups -OCH3 is 4. The zero-order chi connectivity index (χ0) is 20.5. The summed E-state index contributed by atoms with van der Waals surface area (Å²) in [5.41, 5.74) is 1.55. The fourth-order valence-corrected chi connectivity index (χ4v) is 2.75. The van der Waals surface area contributed by atoms with Crippen molar-refractivity contribution in [2.45, 2.75) is 18.9 Å². The summed E-state index contributed by atoms with van der Waals surface area (Å²) in [6, 6.07) is 11.9. The second kappa shape index (κ2) is 10.2. The molecule has 28 heavy (non-hydrogen) atoms. The molecule has 0 heterocycles. The van der Waals surface area contributed by atoms with Crippen LogP contribution in [0, 0.1) is 0 Å². The van der Waals surface area contributed by atoms with E-state index in [-0.39, 0.29) is 18.7 Å². The number of hydrogen-bond acceptors (Lipinski definition) is 6. The van der Waals surface area contributed by atoms with Crippen LogP contribution >= 0.6 is 0 Å². The highest BCUT2D eigenvalue weighted by Gasteiger charge is 2.21. The SMILES string of the molecule is COC(=O)CC(NC(=O)Cc1ccc(OC)cc1)c1ccc(OC)c(OC)c1. The van der Waals surface area contributed by atoms with E-state index in [2.05, 4.69) is 5.32 Å². The van der Waals surface area contributed by atoms with Gasteiger partial charge in [-0.25, -0.2) is 0 Å². The Morgan fingerprint density at radius 2 is 1.57 bits per heavy atom. The van der Waals surface area contributed by atoms with Crippen molar-refractivity contribution in [2.75, 3.05) is 28.4 Å². The first-order valence-corrected chi connectivity index (χ1v) is 8.71. The van der Waals surface area contributed by atoms with Gasteiger partial charge in [0.2, 0.25) is 5.91 Å². The summed E-state index contributed by atoms with van der Waals surface area (Å²) in [5, 5.41) is 2.90. The standard InChI is InChI=1S/C21H25NO6/c1-25-16-8-5-14(6-9-16)11-20(23)22-17(13-21(24)28-4)15-7-10-18(26-2)19(12-15)27-3/h5-10,12,17H,11,13H2,1-4H3,(H,22,23). The highest BCUT2D eigenvalue weighted by molar-refractivity contribution is 5.80. The molecule has 1 amide bonds. The van der Waals surface area contributed by atoms with Gasteiger partial charge in [-0.3, -0.25) is 9.59 Å². The molecule has 7 heteroatoms. The predicted molar refractivity (Wildman–Crippen MR) is 104 cm³/mol. The van der Waals surface area contributed by atoms with E-state index < -0.39 is 12.0 Å². The number of hydrogen-bond donors (Lipinski definition) is 1. The third-order valence-electron chi connectivity index (χ3n) is 4.27. The first-order chi connectivity index (χ1) is 13.5. The Hall–Kier alpha value is -3.22. The second-order valence-corrected chi connectivity index (χ2v) is 6.04. The van der Waals surface area contributed by atoms with Crippen LogP contribution in [0.4, 0.5) is 0 Å². The molecular weight excluding hydrogens is 362 g/mol. The van der Waals surface area contributed by atoms with E-state index in [0.29, 0.717) is 17.1 Å². The van der Waals surface area contributed by atoms with Gasteiger partial charge in [-0.15, -0.1) is 0 Å². The Kier molecular flexibility index (Phi) is 7.68. The van der Waals surface area contributed by atoms with Crippen LogP contribution in [0.1, 0.15) is 23.6 Å². The highest BCUT2D eigenvalue weighted by atomic mass is 16.5. The molecule has 1 N–H and O–H groups in total. The van der Waals surface area contributed by atoms with E-state index in [1.807, 2.05) is 12.1 Å². The summed E-state index contributed by atoms with van der Waals surface area (Å²) in [6.07, 6.45) is 0.176. The maximum absolute atomic E-state index is 12.5. The molecule has 0 bridgehead atoms. The summed E-state index contributed by atoms with van der Waals surface area (Å²) in [4.78, 5) is 24.4. The molecule has 0 aromatic heterocycles. The van der Waals surface area contributed by atoms with Crippen molar-refractivity contribution in [1.82, 2.24) is 5.32 Å². The van der Waals surface area contributed by atoms with Gasteiger partial charge >= 0.3 is 5.97 Å². The van der Waals surface area contributed by atoms with Crippen molar-refractivity contribution < 1.29 is 28.5 Å². The number of ether oxygens (including phenoxy) is 4. The lowest BCUT2D eigenvalue weighted by molar-refractivity contribution is -0.141. The minimum atomic E-state index is -0.557. The normalized spacial score (nSPS) is 11.3. The Bertz CT molecular complexity index is 803. The molecule has 0 spiro atoms. The largest absolute Gasteiger partial charge is 0.497 e. The molecule has 0 radical (unpaired) electrons. The van der Waals surface area contributed by atoms with Gasteiger partial charge < -0.3 is 24.3 Å². The number of amides is 1. The fourth-order valence-electron chi connectivity index (χ4n) is 2.75. The Morgan fingerprint density at radius 1 is 0.893 bits per heavy atom. The van der Waals surface area contributed by atoms with Gasteiger partial charge in [0.1, 0.15) is 5.75 Å². The summed E-state index contributed by atoms with van der Waals surface area (Å²) >= 11 is 0. The molecule has 2 aromatic carbocycles. The smallest absolute Gasteiger partial charge is 0.307 e. The fraction of sp³-hybridized carbons (Fsp3) is 0.333. The van der Waals surface area contributed by atoms with Gasteiger partial charge in [0, 0.05) is 0 Å². The van der Waals surface area contributed by atoms with E-state index in [1.54, 1.807) is 44.6 Å². The molecular formula is C21H25NO6.